The Kier molecular flexibility index (Phi) is 5.63. The number of aromatic amines is 1. The second kappa shape index (κ2) is 8.14. The van der Waals surface area contributed by atoms with Crippen molar-refractivity contribution < 1.29 is 14.7 Å². The number of benzene rings is 2. The van der Waals surface area contributed by atoms with Gasteiger partial charge in [0, 0.05) is 0 Å². The van der Waals surface area contributed by atoms with E-state index in [1.807, 2.05) is 0 Å². The van der Waals surface area contributed by atoms with E-state index in [2.05, 4.69) is 10.3 Å². The Labute approximate surface area is 165 Å². The minimum atomic E-state index is -1.31. The molecule has 3 N–H and O–H groups in total. The first kappa shape index (κ1) is 20.1. The average molecular weight is 395 g/mol. The predicted octanol–water partition coefficient (Wildman–Crippen LogP) is 1.83. The minimum Gasteiger partial charge on any atom is -0.479 e. The molecule has 0 aliphatic heterocycles. The molecule has 0 aliphatic carbocycles. The third-order valence-corrected chi connectivity index (χ3v) is 4.68. The van der Waals surface area contributed by atoms with E-state index < -0.39 is 41.1 Å². The molecule has 1 heterocycles. The normalized spacial score (nSPS) is 13.2. The van der Waals surface area contributed by atoms with Gasteiger partial charge in [-0.3, -0.25) is 9.59 Å². The fourth-order valence-electron chi connectivity index (χ4n) is 3.31. The van der Waals surface area contributed by atoms with Crippen LogP contribution in [0.1, 0.15) is 31.5 Å². The highest BCUT2D eigenvalue weighted by Crippen LogP contribution is 2.19. The van der Waals surface area contributed by atoms with Crippen molar-refractivity contribution in [2.24, 2.45) is 5.92 Å². The van der Waals surface area contributed by atoms with E-state index >= 15 is 0 Å². The molecule has 150 valence electrons. The first-order chi connectivity index (χ1) is 13.8. The van der Waals surface area contributed by atoms with Crippen LogP contribution in [0, 0.1) is 5.92 Å². The molecule has 0 radical (unpaired) electrons. The van der Waals surface area contributed by atoms with Gasteiger partial charge in [0.05, 0.1) is 10.9 Å². The molecule has 8 heteroatoms. The van der Waals surface area contributed by atoms with E-state index in [4.69, 9.17) is 0 Å². The third kappa shape index (κ3) is 3.96. The van der Waals surface area contributed by atoms with Crippen molar-refractivity contribution in [1.29, 1.82) is 0 Å². The van der Waals surface area contributed by atoms with E-state index in [-0.39, 0.29) is 5.39 Å². The van der Waals surface area contributed by atoms with Crippen LogP contribution in [0.5, 0.6) is 0 Å². The van der Waals surface area contributed by atoms with E-state index in [9.17, 15) is 24.3 Å². The summed E-state index contributed by atoms with van der Waals surface area (Å²) >= 11 is 0. The molecule has 2 aromatic carbocycles. The maximum atomic E-state index is 13.0. The number of para-hydroxylation sites is 1. The van der Waals surface area contributed by atoms with Crippen LogP contribution in [0.3, 0.4) is 0 Å². The smallest absolute Gasteiger partial charge is 0.330 e. The summed E-state index contributed by atoms with van der Waals surface area (Å²) in [6, 6.07) is 12.2. The molecule has 0 aliphatic rings. The van der Waals surface area contributed by atoms with Gasteiger partial charge in [0.2, 0.25) is 5.91 Å². The van der Waals surface area contributed by atoms with Gasteiger partial charge in [0.1, 0.15) is 6.04 Å². The van der Waals surface area contributed by atoms with Crippen molar-refractivity contribution in [3.05, 3.63) is 81.0 Å². The van der Waals surface area contributed by atoms with Crippen LogP contribution in [-0.2, 0) is 9.59 Å². The summed E-state index contributed by atoms with van der Waals surface area (Å²) in [5.41, 5.74) is -0.580. The highest BCUT2D eigenvalue weighted by Gasteiger charge is 2.31. The number of hydrogen-bond donors (Lipinski definition) is 3. The molecule has 1 aromatic heterocycles. The lowest BCUT2D eigenvalue weighted by Gasteiger charge is -2.24. The number of carboxylic acid groups (broad SMARTS) is 1. The average Bonchev–Trinajstić information content (AvgIpc) is 2.69. The van der Waals surface area contributed by atoms with Gasteiger partial charge in [-0.2, -0.15) is 0 Å². The Morgan fingerprint density at radius 1 is 1.00 bits per heavy atom. The number of amides is 1. The Hall–Kier alpha value is -3.68. The highest BCUT2D eigenvalue weighted by molar-refractivity contribution is 5.87. The van der Waals surface area contributed by atoms with Crippen molar-refractivity contribution in [2.75, 3.05) is 0 Å². The molecule has 0 unspecified atom stereocenters. The van der Waals surface area contributed by atoms with Crippen molar-refractivity contribution in [3.8, 4) is 0 Å². The summed E-state index contributed by atoms with van der Waals surface area (Å²) in [4.78, 5) is 52.9. The molecule has 0 fully saturated rings. The fraction of sp³-hybridized carbons (Fsp3) is 0.238. The number of rotatable bonds is 6. The maximum absolute atomic E-state index is 13.0. The third-order valence-electron chi connectivity index (χ3n) is 4.68. The molecule has 0 saturated carbocycles. The van der Waals surface area contributed by atoms with Gasteiger partial charge >= 0.3 is 11.7 Å². The standard InChI is InChI=1S/C21H21N3O5/c1-12(2)17(18(25)23-16(20(27)28)13-8-4-3-5-9-13)24-19(26)14-10-6-7-11-15(14)22-21(24)29/h3-12,16-17H,1-2H3,(H,22,29)(H,23,25)(H,27,28)/t16-,17-/m1/s1. The summed E-state index contributed by atoms with van der Waals surface area (Å²) in [6.45, 7) is 3.37. The lowest BCUT2D eigenvalue weighted by Crippen LogP contribution is -2.48. The van der Waals surface area contributed by atoms with Crippen molar-refractivity contribution in [3.63, 3.8) is 0 Å². The molecular weight excluding hydrogens is 374 g/mol. The zero-order valence-corrected chi connectivity index (χ0v) is 16.0. The fourth-order valence-corrected chi connectivity index (χ4v) is 3.31. The second-order valence-electron chi connectivity index (χ2n) is 7.03. The summed E-state index contributed by atoms with van der Waals surface area (Å²) in [5, 5.41) is 12.3. The quantitative estimate of drug-likeness (QED) is 0.588. The summed E-state index contributed by atoms with van der Waals surface area (Å²) in [7, 11) is 0. The maximum Gasteiger partial charge on any atom is 0.330 e. The largest absolute Gasteiger partial charge is 0.479 e. The van der Waals surface area contributed by atoms with E-state index in [0.29, 0.717) is 11.1 Å². The summed E-state index contributed by atoms with van der Waals surface area (Å²) in [5.74, 6) is -2.41. The second-order valence-corrected chi connectivity index (χ2v) is 7.03. The van der Waals surface area contributed by atoms with Crippen LogP contribution in [0.4, 0.5) is 0 Å². The molecule has 3 aromatic rings. The minimum absolute atomic E-state index is 0.267. The Morgan fingerprint density at radius 2 is 1.62 bits per heavy atom. The van der Waals surface area contributed by atoms with Crippen LogP contribution < -0.4 is 16.6 Å². The van der Waals surface area contributed by atoms with Crippen molar-refractivity contribution in [1.82, 2.24) is 14.9 Å². The summed E-state index contributed by atoms with van der Waals surface area (Å²) < 4.78 is 0.853. The number of carbonyl (C=O) groups is 2. The number of carbonyl (C=O) groups excluding carboxylic acids is 1. The number of nitrogens with one attached hydrogen (secondary N) is 2. The molecule has 8 nitrogen and oxygen atoms in total. The van der Waals surface area contributed by atoms with Crippen molar-refractivity contribution in [2.45, 2.75) is 25.9 Å². The monoisotopic (exact) mass is 395 g/mol. The SMILES string of the molecule is CC(C)[C@H](C(=O)N[C@@H](C(=O)O)c1ccccc1)n1c(=O)[nH]c2ccccc2c1=O. The van der Waals surface area contributed by atoms with Gasteiger partial charge in [0.15, 0.2) is 6.04 Å². The number of carboxylic acids is 1. The molecule has 29 heavy (non-hydrogen) atoms. The molecule has 0 spiro atoms. The Bertz CT molecular complexity index is 1160. The lowest BCUT2D eigenvalue weighted by molar-refractivity contribution is -0.142. The molecule has 2 atom stereocenters. The van der Waals surface area contributed by atoms with Gasteiger partial charge in [-0.05, 0) is 23.6 Å². The number of aromatic nitrogens is 2. The van der Waals surface area contributed by atoms with Gasteiger partial charge in [-0.1, -0.05) is 56.3 Å². The first-order valence-electron chi connectivity index (χ1n) is 9.13. The van der Waals surface area contributed by atoms with Crippen LogP contribution in [-0.4, -0.2) is 26.5 Å². The van der Waals surface area contributed by atoms with E-state index in [1.165, 1.54) is 0 Å². The number of hydrogen-bond acceptors (Lipinski definition) is 4. The molecule has 0 saturated heterocycles. The van der Waals surface area contributed by atoms with Crippen LogP contribution in [0.25, 0.3) is 10.9 Å². The molecule has 0 bridgehead atoms. The zero-order valence-electron chi connectivity index (χ0n) is 16.0. The number of H-pyrrole nitrogens is 1. The molecule has 3 rings (SSSR count). The predicted molar refractivity (Wildman–Crippen MR) is 108 cm³/mol. The van der Waals surface area contributed by atoms with Crippen LogP contribution in [0.15, 0.2) is 64.2 Å². The van der Waals surface area contributed by atoms with Gasteiger partial charge in [0.25, 0.3) is 5.56 Å². The van der Waals surface area contributed by atoms with Crippen LogP contribution in [0.2, 0.25) is 0 Å². The number of fused-ring (bicyclic) bond motifs is 1. The van der Waals surface area contributed by atoms with Gasteiger partial charge in [-0.15, -0.1) is 0 Å². The van der Waals surface area contributed by atoms with Crippen molar-refractivity contribution >= 4 is 22.8 Å². The number of aliphatic carboxylic acids is 1. The topological polar surface area (TPSA) is 121 Å². The lowest BCUT2D eigenvalue weighted by atomic mass is 10.0. The van der Waals surface area contributed by atoms with E-state index in [1.54, 1.807) is 68.4 Å². The molecule has 1 amide bonds. The summed E-state index contributed by atoms with van der Waals surface area (Å²) in [6.07, 6.45) is 0. The van der Waals surface area contributed by atoms with Gasteiger partial charge < -0.3 is 15.4 Å². The van der Waals surface area contributed by atoms with E-state index in [0.717, 1.165) is 4.57 Å². The molecular formula is C21H21N3O5. The Morgan fingerprint density at radius 3 is 2.24 bits per heavy atom. The highest BCUT2D eigenvalue weighted by atomic mass is 16.4. The van der Waals surface area contributed by atoms with Gasteiger partial charge in [-0.25, -0.2) is 14.2 Å². The van der Waals surface area contributed by atoms with Crippen LogP contribution >= 0.6 is 0 Å². The Balaban J connectivity index is 2.06. The first-order valence-corrected chi connectivity index (χ1v) is 9.13. The number of nitrogens with zero attached hydrogens (tertiary/aromatic N) is 1. The zero-order chi connectivity index (χ0) is 21.1.